The molecule has 5 nitrogen and oxygen atoms in total. The monoisotopic (exact) mass is 356 g/mol. The van der Waals surface area contributed by atoms with Gasteiger partial charge in [-0.15, -0.1) is 0 Å². The van der Waals surface area contributed by atoms with E-state index >= 15 is 0 Å². The summed E-state index contributed by atoms with van der Waals surface area (Å²) in [5.41, 5.74) is 1.06. The maximum Gasteiger partial charge on any atom is 0.248 e. The second-order valence-electron chi connectivity index (χ2n) is 6.81. The molecule has 2 aromatic rings. The van der Waals surface area contributed by atoms with Crippen LogP contribution in [0.5, 0.6) is 0 Å². The Bertz CT molecular complexity index is 651. The molecule has 5 heteroatoms. The van der Waals surface area contributed by atoms with E-state index in [1.165, 1.54) is 19.3 Å². The van der Waals surface area contributed by atoms with Crippen molar-refractivity contribution in [2.45, 2.75) is 44.9 Å². The molecule has 1 aromatic carbocycles. The van der Waals surface area contributed by atoms with Crippen molar-refractivity contribution in [2.24, 2.45) is 0 Å². The molecule has 0 bridgehead atoms. The van der Waals surface area contributed by atoms with Crippen molar-refractivity contribution in [2.75, 3.05) is 19.6 Å². The lowest BCUT2D eigenvalue weighted by Gasteiger charge is -2.33. The molecule has 1 amide bonds. The number of ether oxygens (including phenoxy) is 1. The zero-order valence-corrected chi connectivity index (χ0v) is 15.4. The van der Waals surface area contributed by atoms with E-state index in [9.17, 15) is 4.79 Å². The lowest BCUT2D eigenvalue weighted by molar-refractivity contribution is -0.132. The van der Waals surface area contributed by atoms with Gasteiger partial charge in [-0.25, -0.2) is 0 Å². The highest BCUT2D eigenvalue weighted by molar-refractivity contribution is 5.80. The van der Waals surface area contributed by atoms with E-state index in [-0.39, 0.29) is 11.9 Å². The number of amides is 1. The fourth-order valence-corrected chi connectivity index (χ4v) is 3.33. The molecule has 1 aliphatic rings. The summed E-state index contributed by atoms with van der Waals surface area (Å²) >= 11 is 0. The van der Waals surface area contributed by atoms with Crippen LogP contribution in [-0.4, -0.2) is 36.5 Å². The normalized spacial score (nSPS) is 17.6. The van der Waals surface area contributed by atoms with Gasteiger partial charge >= 0.3 is 0 Å². The molecule has 1 aromatic heterocycles. The van der Waals surface area contributed by atoms with Crippen molar-refractivity contribution in [3.8, 4) is 0 Å². The predicted octanol–water partition coefficient (Wildman–Crippen LogP) is 3.53. The van der Waals surface area contributed by atoms with E-state index in [0.717, 1.165) is 24.4 Å². The maximum atomic E-state index is 12.4. The van der Waals surface area contributed by atoms with Gasteiger partial charge < -0.3 is 14.5 Å². The molecular weight excluding hydrogens is 328 g/mol. The van der Waals surface area contributed by atoms with Gasteiger partial charge in [-0.1, -0.05) is 36.8 Å². The Hall–Kier alpha value is -2.11. The Morgan fingerprint density at radius 3 is 2.62 bits per heavy atom. The molecule has 1 fully saturated rings. The van der Waals surface area contributed by atoms with Crippen molar-refractivity contribution >= 4 is 5.91 Å². The molecule has 0 radical (unpaired) electrons. The minimum atomic E-state index is -0.492. The predicted molar refractivity (Wildman–Crippen MR) is 101 cm³/mol. The van der Waals surface area contributed by atoms with Crippen molar-refractivity contribution in [3.05, 3.63) is 60.1 Å². The number of carbonyl (C=O) groups excluding carboxylic acids is 1. The van der Waals surface area contributed by atoms with Crippen LogP contribution in [0.4, 0.5) is 0 Å². The Labute approximate surface area is 155 Å². The third kappa shape index (κ3) is 5.19. The molecule has 140 valence electrons. The number of hydrogen-bond donors (Lipinski definition) is 1. The largest absolute Gasteiger partial charge is 0.468 e. The van der Waals surface area contributed by atoms with Crippen LogP contribution in [0.2, 0.25) is 0 Å². The summed E-state index contributed by atoms with van der Waals surface area (Å²) in [6.45, 7) is 4.85. The van der Waals surface area contributed by atoms with Crippen LogP contribution in [0.25, 0.3) is 0 Å². The van der Waals surface area contributed by atoms with Gasteiger partial charge in [0, 0.05) is 6.54 Å². The molecule has 1 N–H and O–H groups in total. The Morgan fingerprint density at radius 1 is 1.15 bits per heavy atom. The van der Waals surface area contributed by atoms with Crippen LogP contribution >= 0.6 is 0 Å². The third-order valence-corrected chi connectivity index (χ3v) is 4.88. The number of rotatable bonds is 8. The molecule has 3 rings (SSSR count). The molecule has 2 heterocycles. The number of likely N-dealkylation sites (tertiary alicyclic amines) is 1. The summed E-state index contributed by atoms with van der Waals surface area (Å²) in [5, 5.41) is 3.04. The first-order chi connectivity index (χ1) is 12.7. The highest BCUT2D eigenvalue weighted by Gasteiger charge is 2.25. The van der Waals surface area contributed by atoms with Crippen LogP contribution in [0.15, 0.2) is 53.1 Å². The van der Waals surface area contributed by atoms with Crippen LogP contribution < -0.4 is 5.32 Å². The van der Waals surface area contributed by atoms with Crippen LogP contribution in [0.1, 0.15) is 43.6 Å². The third-order valence-electron chi connectivity index (χ3n) is 4.88. The average Bonchev–Trinajstić information content (AvgIpc) is 3.22. The van der Waals surface area contributed by atoms with Gasteiger partial charge in [-0.2, -0.15) is 0 Å². The number of furan rings is 1. The van der Waals surface area contributed by atoms with Crippen LogP contribution in [-0.2, 0) is 16.1 Å². The summed E-state index contributed by atoms with van der Waals surface area (Å²) in [7, 11) is 0. The molecule has 0 aliphatic carbocycles. The highest BCUT2D eigenvalue weighted by atomic mass is 16.5. The molecule has 1 aliphatic heterocycles. The quantitative estimate of drug-likeness (QED) is 0.786. The summed E-state index contributed by atoms with van der Waals surface area (Å²) in [6, 6.07) is 13.9. The van der Waals surface area contributed by atoms with Gasteiger partial charge in [0.25, 0.3) is 0 Å². The molecule has 1 saturated heterocycles. The van der Waals surface area contributed by atoms with Gasteiger partial charge in [-0.05, 0) is 50.6 Å². The van der Waals surface area contributed by atoms with Gasteiger partial charge in [0.1, 0.15) is 11.9 Å². The van der Waals surface area contributed by atoms with Crippen molar-refractivity contribution in [3.63, 3.8) is 0 Å². The van der Waals surface area contributed by atoms with Gasteiger partial charge in [0.05, 0.1) is 18.9 Å². The molecule has 2 atom stereocenters. The number of nitrogens with one attached hydrogen (secondary N) is 1. The fourth-order valence-electron chi connectivity index (χ4n) is 3.33. The fraction of sp³-hybridized carbons (Fsp3) is 0.476. The van der Waals surface area contributed by atoms with Crippen molar-refractivity contribution < 1.29 is 13.9 Å². The first-order valence-corrected chi connectivity index (χ1v) is 9.45. The lowest BCUT2D eigenvalue weighted by Crippen LogP contribution is -2.43. The van der Waals surface area contributed by atoms with E-state index < -0.39 is 6.10 Å². The maximum absolute atomic E-state index is 12.4. The lowest BCUT2D eigenvalue weighted by atomic mass is 10.1. The second kappa shape index (κ2) is 9.55. The molecule has 0 saturated carbocycles. The number of benzene rings is 1. The number of piperidine rings is 1. The topological polar surface area (TPSA) is 54.7 Å². The minimum Gasteiger partial charge on any atom is -0.468 e. The Morgan fingerprint density at radius 2 is 1.92 bits per heavy atom. The van der Waals surface area contributed by atoms with Crippen LogP contribution in [0, 0.1) is 0 Å². The first kappa shape index (κ1) is 18.7. The Kier molecular flexibility index (Phi) is 6.86. The van der Waals surface area contributed by atoms with Crippen molar-refractivity contribution in [1.82, 2.24) is 10.2 Å². The van der Waals surface area contributed by atoms with E-state index in [2.05, 4.69) is 10.2 Å². The zero-order valence-electron chi connectivity index (χ0n) is 15.4. The van der Waals surface area contributed by atoms with Gasteiger partial charge in [0.15, 0.2) is 0 Å². The molecule has 26 heavy (non-hydrogen) atoms. The molecule has 2 unspecified atom stereocenters. The van der Waals surface area contributed by atoms with Gasteiger partial charge in [-0.3, -0.25) is 9.69 Å². The minimum absolute atomic E-state index is 0.0792. The summed E-state index contributed by atoms with van der Waals surface area (Å²) in [4.78, 5) is 14.8. The standard InChI is InChI=1S/C21H28N2O3/c1-17(26-16-18-9-4-2-5-10-18)21(24)22-15-19(20-11-8-14-25-20)23-12-6-3-7-13-23/h2,4-5,8-11,14,17,19H,3,6-7,12-13,15-16H2,1H3,(H,22,24). The van der Waals surface area contributed by atoms with E-state index in [0.29, 0.717) is 13.2 Å². The SMILES string of the molecule is CC(OCc1ccccc1)C(=O)NCC(c1ccco1)N1CCCCC1. The average molecular weight is 356 g/mol. The highest BCUT2D eigenvalue weighted by Crippen LogP contribution is 2.24. The summed E-state index contributed by atoms with van der Waals surface area (Å²) in [5.74, 6) is 0.819. The zero-order chi connectivity index (χ0) is 18.2. The summed E-state index contributed by atoms with van der Waals surface area (Å²) in [6.07, 6.45) is 4.87. The number of nitrogens with zero attached hydrogens (tertiary/aromatic N) is 1. The van der Waals surface area contributed by atoms with Crippen LogP contribution in [0.3, 0.4) is 0 Å². The first-order valence-electron chi connectivity index (χ1n) is 9.45. The van der Waals surface area contributed by atoms with E-state index in [1.807, 2.05) is 42.5 Å². The smallest absolute Gasteiger partial charge is 0.248 e. The second-order valence-corrected chi connectivity index (χ2v) is 6.81. The van der Waals surface area contributed by atoms with Crippen molar-refractivity contribution in [1.29, 1.82) is 0 Å². The Balaban J connectivity index is 1.51. The number of carbonyl (C=O) groups is 1. The molecular formula is C21H28N2O3. The van der Waals surface area contributed by atoms with E-state index in [4.69, 9.17) is 9.15 Å². The number of hydrogen-bond acceptors (Lipinski definition) is 4. The van der Waals surface area contributed by atoms with Gasteiger partial charge in [0.2, 0.25) is 5.91 Å². The van der Waals surface area contributed by atoms with E-state index in [1.54, 1.807) is 13.2 Å². The summed E-state index contributed by atoms with van der Waals surface area (Å²) < 4.78 is 11.3. The molecule has 0 spiro atoms.